The zero-order chi connectivity index (χ0) is 14.4. The number of likely N-dealkylation sites (tertiary alicyclic amines) is 1. The molecule has 1 rings (SSSR count). The van der Waals surface area contributed by atoms with Gasteiger partial charge in [-0.3, -0.25) is 24.1 Å². The van der Waals surface area contributed by atoms with Gasteiger partial charge in [0, 0.05) is 39.4 Å². The lowest BCUT2D eigenvalue weighted by Crippen LogP contribution is -2.35. The molecule has 0 spiro atoms. The van der Waals surface area contributed by atoms with Crippen LogP contribution in [-0.2, 0) is 23.9 Å². The summed E-state index contributed by atoms with van der Waals surface area (Å²) in [6, 6.07) is 0. The second-order valence-corrected chi connectivity index (χ2v) is 4.33. The molecule has 3 amide bonds. The average Bonchev–Trinajstić information content (AvgIpc) is 2.72. The maximum atomic E-state index is 11.7. The number of carbonyl (C=O) groups excluding carboxylic acids is 4. The van der Waals surface area contributed by atoms with Crippen molar-refractivity contribution in [3.8, 4) is 0 Å². The zero-order valence-corrected chi connectivity index (χ0v) is 11.2. The molecule has 1 heterocycles. The van der Waals surface area contributed by atoms with E-state index in [0.29, 0.717) is 0 Å². The highest BCUT2D eigenvalue weighted by atomic mass is 16.5. The summed E-state index contributed by atoms with van der Waals surface area (Å²) in [4.78, 5) is 47.9. The maximum Gasteiger partial charge on any atom is 0.307 e. The summed E-state index contributed by atoms with van der Waals surface area (Å²) < 4.78 is 4.48. The number of imide groups is 1. The van der Waals surface area contributed by atoms with Gasteiger partial charge in [0.05, 0.1) is 13.5 Å². The number of methoxy groups -OCH3 is 1. The Balaban J connectivity index is 2.32. The molecule has 0 bridgehead atoms. The van der Waals surface area contributed by atoms with E-state index in [-0.39, 0.29) is 62.5 Å². The second-order valence-electron chi connectivity index (χ2n) is 4.33. The van der Waals surface area contributed by atoms with Crippen LogP contribution < -0.4 is 0 Å². The van der Waals surface area contributed by atoms with E-state index in [2.05, 4.69) is 4.74 Å². The number of ether oxygens (including phenoxy) is 1. The lowest BCUT2D eigenvalue weighted by atomic mass is 10.3. The SMILES string of the molecule is COC(=O)CCN(C)C(=O)CCN1C(=O)CCC1=O. The molecule has 0 atom stereocenters. The van der Waals surface area contributed by atoms with Crippen LogP contribution in [0.3, 0.4) is 0 Å². The molecule has 0 aromatic carbocycles. The van der Waals surface area contributed by atoms with Gasteiger partial charge in [-0.25, -0.2) is 0 Å². The van der Waals surface area contributed by atoms with Crippen molar-refractivity contribution in [1.82, 2.24) is 9.80 Å². The molecule has 1 saturated heterocycles. The first-order chi connectivity index (χ1) is 8.95. The van der Waals surface area contributed by atoms with Crippen LogP contribution >= 0.6 is 0 Å². The minimum absolute atomic E-state index is 0.0785. The fraction of sp³-hybridized carbons (Fsp3) is 0.667. The third-order valence-corrected chi connectivity index (χ3v) is 3.01. The number of hydrogen-bond donors (Lipinski definition) is 0. The smallest absolute Gasteiger partial charge is 0.307 e. The number of amides is 3. The van der Waals surface area contributed by atoms with Gasteiger partial charge in [-0.05, 0) is 0 Å². The number of hydrogen-bond acceptors (Lipinski definition) is 5. The summed E-state index contributed by atoms with van der Waals surface area (Å²) in [5, 5.41) is 0. The molecule has 0 radical (unpaired) electrons. The van der Waals surface area contributed by atoms with Crippen LogP contribution in [-0.4, -0.2) is 60.7 Å². The monoisotopic (exact) mass is 270 g/mol. The molecule has 0 aromatic heterocycles. The topological polar surface area (TPSA) is 84.0 Å². The van der Waals surface area contributed by atoms with Crippen molar-refractivity contribution in [2.45, 2.75) is 25.7 Å². The fourth-order valence-corrected chi connectivity index (χ4v) is 1.76. The van der Waals surface area contributed by atoms with Crippen molar-refractivity contribution < 1.29 is 23.9 Å². The Labute approximate surface area is 111 Å². The summed E-state index contributed by atoms with van der Waals surface area (Å²) in [7, 11) is 2.85. The summed E-state index contributed by atoms with van der Waals surface area (Å²) >= 11 is 0. The van der Waals surface area contributed by atoms with Crippen LogP contribution in [0.1, 0.15) is 25.7 Å². The Kier molecular flexibility index (Phi) is 5.47. The molecular formula is C12H18N2O5. The summed E-state index contributed by atoms with van der Waals surface area (Å²) in [6.07, 6.45) is 0.659. The van der Waals surface area contributed by atoms with E-state index in [1.165, 1.54) is 12.0 Å². The minimum atomic E-state index is -0.385. The van der Waals surface area contributed by atoms with Crippen molar-refractivity contribution >= 4 is 23.7 Å². The van der Waals surface area contributed by atoms with Gasteiger partial charge in [-0.1, -0.05) is 0 Å². The Bertz CT molecular complexity index is 378. The Morgan fingerprint density at radius 3 is 2.32 bits per heavy atom. The predicted octanol–water partition coefficient (Wildman–Crippen LogP) is -0.453. The average molecular weight is 270 g/mol. The van der Waals surface area contributed by atoms with Crippen molar-refractivity contribution in [2.24, 2.45) is 0 Å². The van der Waals surface area contributed by atoms with Gasteiger partial charge in [0.2, 0.25) is 17.7 Å². The van der Waals surface area contributed by atoms with Gasteiger partial charge in [-0.15, -0.1) is 0 Å². The molecule has 0 saturated carbocycles. The highest BCUT2D eigenvalue weighted by molar-refractivity contribution is 6.02. The van der Waals surface area contributed by atoms with E-state index in [1.54, 1.807) is 7.05 Å². The number of esters is 1. The number of nitrogens with zero attached hydrogens (tertiary/aromatic N) is 2. The summed E-state index contributed by atoms with van der Waals surface area (Å²) in [5.41, 5.74) is 0. The van der Waals surface area contributed by atoms with E-state index in [0.717, 1.165) is 4.90 Å². The molecule has 1 aliphatic rings. The van der Waals surface area contributed by atoms with Crippen LogP contribution in [0.5, 0.6) is 0 Å². The highest BCUT2D eigenvalue weighted by Crippen LogP contribution is 2.12. The van der Waals surface area contributed by atoms with Crippen LogP contribution in [0.2, 0.25) is 0 Å². The Morgan fingerprint density at radius 2 is 1.79 bits per heavy atom. The summed E-state index contributed by atoms with van der Waals surface area (Å²) in [5.74, 6) is -1.05. The Morgan fingerprint density at radius 1 is 1.21 bits per heavy atom. The van der Waals surface area contributed by atoms with Crippen LogP contribution in [0.25, 0.3) is 0 Å². The third kappa shape index (κ3) is 4.35. The van der Waals surface area contributed by atoms with Gasteiger partial charge in [0.1, 0.15) is 0 Å². The first-order valence-electron chi connectivity index (χ1n) is 6.09. The van der Waals surface area contributed by atoms with Crippen LogP contribution in [0.4, 0.5) is 0 Å². The molecule has 0 aromatic rings. The van der Waals surface area contributed by atoms with Crippen molar-refractivity contribution in [2.75, 3.05) is 27.2 Å². The molecule has 7 heteroatoms. The van der Waals surface area contributed by atoms with E-state index in [4.69, 9.17) is 0 Å². The van der Waals surface area contributed by atoms with Gasteiger partial charge < -0.3 is 9.64 Å². The van der Waals surface area contributed by atoms with E-state index in [9.17, 15) is 19.2 Å². The van der Waals surface area contributed by atoms with Crippen molar-refractivity contribution in [3.63, 3.8) is 0 Å². The molecule has 106 valence electrons. The fourth-order valence-electron chi connectivity index (χ4n) is 1.76. The largest absolute Gasteiger partial charge is 0.469 e. The van der Waals surface area contributed by atoms with Gasteiger partial charge in [-0.2, -0.15) is 0 Å². The lowest BCUT2D eigenvalue weighted by molar-refractivity contribution is -0.141. The second kappa shape index (κ2) is 6.86. The normalized spacial score (nSPS) is 14.7. The maximum absolute atomic E-state index is 11.7. The standard InChI is InChI=1S/C12H18N2O5/c1-13(7-6-12(18)19-2)9(15)5-8-14-10(16)3-4-11(14)17/h3-8H2,1-2H3. The van der Waals surface area contributed by atoms with Crippen molar-refractivity contribution in [3.05, 3.63) is 0 Å². The molecule has 19 heavy (non-hydrogen) atoms. The highest BCUT2D eigenvalue weighted by Gasteiger charge is 2.29. The Hall–Kier alpha value is -1.92. The van der Waals surface area contributed by atoms with Gasteiger partial charge >= 0.3 is 5.97 Å². The zero-order valence-electron chi connectivity index (χ0n) is 11.2. The van der Waals surface area contributed by atoms with E-state index >= 15 is 0 Å². The molecule has 0 unspecified atom stereocenters. The van der Waals surface area contributed by atoms with Gasteiger partial charge in [0.25, 0.3) is 0 Å². The number of carbonyl (C=O) groups is 4. The third-order valence-electron chi connectivity index (χ3n) is 3.01. The van der Waals surface area contributed by atoms with Gasteiger partial charge in [0.15, 0.2) is 0 Å². The molecule has 0 aliphatic carbocycles. The minimum Gasteiger partial charge on any atom is -0.469 e. The first-order valence-corrected chi connectivity index (χ1v) is 6.09. The molecule has 1 fully saturated rings. The number of rotatable bonds is 6. The lowest BCUT2D eigenvalue weighted by Gasteiger charge is -2.18. The molecule has 0 N–H and O–H groups in total. The quantitative estimate of drug-likeness (QED) is 0.482. The first kappa shape index (κ1) is 15.1. The summed E-state index contributed by atoms with van der Waals surface area (Å²) in [6.45, 7) is 0.368. The van der Waals surface area contributed by atoms with Crippen molar-refractivity contribution in [1.29, 1.82) is 0 Å². The molecule has 7 nitrogen and oxygen atoms in total. The predicted molar refractivity (Wildman–Crippen MR) is 64.8 cm³/mol. The van der Waals surface area contributed by atoms with E-state index in [1.807, 2.05) is 0 Å². The van der Waals surface area contributed by atoms with Crippen LogP contribution in [0.15, 0.2) is 0 Å². The van der Waals surface area contributed by atoms with E-state index < -0.39 is 0 Å². The van der Waals surface area contributed by atoms with Crippen LogP contribution in [0, 0.1) is 0 Å². The molecule has 1 aliphatic heterocycles. The molecular weight excluding hydrogens is 252 g/mol.